The van der Waals surface area contributed by atoms with Crippen molar-refractivity contribution in [1.29, 1.82) is 0 Å². The minimum atomic E-state index is -0.324. The molecule has 0 aromatic heterocycles. The van der Waals surface area contributed by atoms with Crippen LogP contribution in [0.15, 0.2) is 18.2 Å². The van der Waals surface area contributed by atoms with E-state index in [0.717, 1.165) is 25.7 Å². The highest BCUT2D eigenvalue weighted by atomic mass is 16.5. The average Bonchev–Trinajstić information content (AvgIpc) is 3.23. The fraction of sp³-hybridized carbons (Fsp3) is 0.500. The summed E-state index contributed by atoms with van der Waals surface area (Å²) in [5.41, 5.74) is 1.13. The quantitative estimate of drug-likeness (QED) is 0.875. The highest BCUT2D eigenvalue weighted by Gasteiger charge is 2.38. The minimum absolute atomic E-state index is 0.000106. The Bertz CT molecular complexity index is 727. The van der Waals surface area contributed by atoms with Crippen molar-refractivity contribution in [3.05, 3.63) is 18.2 Å². The zero-order valence-corrected chi connectivity index (χ0v) is 13.9. The van der Waals surface area contributed by atoms with Crippen molar-refractivity contribution in [2.45, 2.75) is 38.1 Å². The van der Waals surface area contributed by atoms with Crippen LogP contribution >= 0.6 is 0 Å². The Morgan fingerprint density at radius 3 is 2.84 bits per heavy atom. The van der Waals surface area contributed by atoms with Crippen molar-refractivity contribution in [1.82, 2.24) is 4.90 Å². The number of ether oxygens (including phenoxy) is 1. The van der Waals surface area contributed by atoms with Crippen molar-refractivity contribution in [2.24, 2.45) is 5.92 Å². The number of rotatable bonds is 3. The molecular weight excluding hydrogens is 322 g/mol. The van der Waals surface area contributed by atoms with E-state index in [2.05, 4.69) is 10.6 Å². The van der Waals surface area contributed by atoms with Crippen LogP contribution in [0.1, 0.15) is 32.1 Å². The number of carbonyl (C=O) groups is 3. The molecule has 25 heavy (non-hydrogen) atoms. The molecule has 132 valence electrons. The van der Waals surface area contributed by atoms with Crippen LogP contribution in [-0.4, -0.2) is 41.8 Å². The predicted molar refractivity (Wildman–Crippen MR) is 91.3 cm³/mol. The molecule has 0 bridgehead atoms. The molecule has 3 aliphatic rings. The zero-order valence-electron chi connectivity index (χ0n) is 13.9. The Kier molecular flexibility index (Phi) is 4.07. The van der Waals surface area contributed by atoms with E-state index in [1.165, 1.54) is 0 Å². The van der Waals surface area contributed by atoms with E-state index in [0.29, 0.717) is 29.7 Å². The Balaban J connectivity index is 1.41. The van der Waals surface area contributed by atoms with Gasteiger partial charge in [0.1, 0.15) is 5.75 Å². The molecule has 0 radical (unpaired) electrons. The third-order valence-electron chi connectivity index (χ3n) is 5.17. The van der Waals surface area contributed by atoms with Gasteiger partial charge in [-0.15, -0.1) is 0 Å². The number of carbonyl (C=O) groups excluding carboxylic acids is 3. The summed E-state index contributed by atoms with van der Waals surface area (Å²) in [5.74, 6) is -0.0318. The lowest BCUT2D eigenvalue weighted by Crippen LogP contribution is -2.35. The van der Waals surface area contributed by atoms with E-state index in [1.807, 2.05) is 4.90 Å². The van der Waals surface area contributed by atoms with E-state index in [9.17, 15) is 14.4 Å². The van der Waals surface area contributed by atoms with Gasteiger partial charge in [0.2, 0.25) is 11.8 Å². The fourth-order valence-corrected chi connectivity index (χ4v) is 3.88. The summed E-state index contributed by atoms with van der Waals surface area (Å²) in [4.78, 5) is 38.1. The average molecular weight is 343 g/mol. The van der Waals surface area contributed by atoms with Crippen molar-refractivity contribution >= 4 is 29.1 Å². The van der Waals surface area contributed by atoms with Gasteiger partial charge >= 0.3 is 0 Å². The first kappa shape index (κ1) is 15.9. The third kappa shape index (κ3) is 3.18. The van der Waals surface area contributed by atoms with E-state index < -0.39 is 0 Å². The molecule has 1 atom stereocenters. The van der Waals surface area contributed by atoms with E-state index in [-0.39, 0.29) is 36.7 Å². The second kappa shape index (κ2) is 6.38. The summed E-state index contributed by atoms with van der Waals surface area (Å²) in [6, 6.07) is 5.44. The molecule has 1 aromatic carbocycles. The van der Waals surface area contributed by atoms with Crippen molar-refractivity contribution in [3.8, 4) is 5.75 Å². The maximum Gasteiger partial charge on any atom is 0.262 e. The second-order valence-electron chi connectivity index (χ2n) is 6.92. The lowest BCUT2D eigenvalue weighted by molar-refractivity contribution is -0.130. The van der Waals surface area contributed by atoms with Crippen LogP contribution in [0.5, 0.6) is 5.75 Å². The molecule has 2 N–H and O–H groups in total. The van der Waals surface area contributed by atoms with Crippen molar-refractivity contribution < 1.29 is 19.1 Å². The summed E-state index contributed by atoms with van der Waals surface area (Å²) in [5, 5.41) is 5.57. The van der Waals surface area contributed by atoms with Crippen LogP contribution in [0.2, 0.25) is 0 Å². The van der Waals surface area contributed by atoms with Crippen LogP contribution in [0.25, 0.3) is 0 Å². The van der Waals surface area contributed by atoms with Gasteiger partial charge in [-0.25, -0.2) is 0 Å². The van der Waals surface area contributed by atoms with Crippen LogP contribution in [0, 0.1) is 5.92 Å². The van der Waals surface area contributed by atoms with Gasteiger partial charge in [-0.3, -0.25) is 14.4 Å². The molecule has 2 heterocycles. The number of anilines is 2. The minimum Gasteiger partial charge on any atom is -0.482 e. The molecule has 0 spiro atoms. The summed E-state index contributed by atoms with van der Waals surface area (Å²) in [6.07, 6.45) is 4.69. The molecule has 3 amide bonds. The Hall–Kier alpha value is -2.57. The van der Waals surface area contributed by atoms with Gasteiger partial charge < -0.3 is 20.3 Å². The van der Waals surface area contributed by atoms with Crippen molar-refractivity contribution in [3.63, 3.8) is 0 Å². The summed E-state index contributed by atoms with van der Waals surface area (Å²) >= 11 is 0. The first-order valence-electron chi connectivity index (χ1n) is 8.77. The van der Waals surface area contributed by atoms with Crippen molar-refractivity contribution in [2.75, 3.05) is 23.8 Å². The van der Waals surface area contributed by atoms with Crippen LogP contribution in [-0.2, 0) is 14.4 Å². The number of nitrogens with one attached hydrogen (secondary N) is 2. The number of hydrogen-bond donors (Lipinski definition) is 2. The van der Waals surface area contributed by atoms with E-state index >= 15 is 0 Å². The highest BCUT2D eigenvalue weighted by Crippen LogP contribution is 2.32. The van der Waals surface area contributed by atoms with E-state index in [1.54, 1.807) is 18.2 Å². The topological polar surface area (TPSA) is 87.7 Å². The largest absolute Gasteiger partial charge is 0.482 e. The molecule has 1 saturated carbocycles. The highest BCUT2D eigenvalue weighted by molar-refractivity contribution is 5.99. The number of nitrogens with zero attached hydrogens (tertiary/aromatic N) is 1. The number of amides is 3. The van der Waals surface area contributed by atoms with Crippen LogP contribution < -0.4 is 15.4 Å². The van der Waals surface area contributed by atoms with Gasteiger partial charge in [-0.05, 0) is 31.0 Å². The van der Waals surface area contributed by atoms with E-state index in [4.69, 9.17) is 4.74 Å². The molecule has 2 aliphatic heterocycles. The maximum absolute atomic E-state index is 12.5. The standard InChI is InChI=1S/C18H21N3O4/c22-16-10-25-15-6-5-12(8-14(15)20-16)19-18(24)11-7-17(23)21(9-11)13-3-1-2-4-13/h5-6,8,11,13H,1-4,7,9-10H2,(H,19,24)(H,20,22)/t11-/m1/s1. The van der Waals surface area contributed by atoms with Gasteiger partial charge in [0, 0.05) is 24.7 Å². The predicted octanol–water partition coefficient (Wildman–Crippen LogP) is 1.75. The van der Waals surface area contributed by atoms with Gasteiger partial charge in [-0.1, -0.05) is 12.8 Å². The van der Waals surface area contributed by atoms with Gasteiger partial charge in [-0.2, -0.15) is 0 Å². The molecule has 4 rings (SSSR count). The first-order valence-corrected chi connectivity index (χ1v) is 8.77. The molecule has 2 fully saturated rings. The Morgan fingerprint density at radius 2 is 2.04 bits per heavy atom. The first-order chi connectivity index (χ1) is 12.1. The van der Waals surface area contributed by atoms with Gasteiger partial charge in [0.05, 0.1) is 11.6 Å². The molecular formula is C18H21N3O4. The molecule has 1 saturated heterocycles. The fourth-order valence-electron chi connectivity index (χ4n) is 3.88. The summed E-state index contributed by atoms with van der Waals surface area (Å²) in [7, 11) is 0. The number of fused-ring (bicyclic) bond motifs is 1. The smallest absolute Gasteiger partial charge is 0.262 e. The number of benzene rings is 1. The molecule has 0 unspecified atom stereocenters. The number of hydrogen-bond acceptors (Lipinski definition) is 4. The molecule has 7 heteroatoms. The lowest BCUT2D eigenvalue weighted by Gasteiger charge is -2.24. The van der Waals surface area contributed by atoms with Gasteiger partial charge in [0.25, 0.3) is 5.91 Å². The maximum atomic E-state index is 12.5. The van der Waals surface area contributed by atoms with Gasteiger partial charge in [0.15, 0.2) is 6.61 Å². The number of likely N-dealkylation sites (tertiary alicyclic amines) is 1. The van der Waals surface area contributed by atoms with Crippen LogP contribution in [0.3, 0.4) is 0 Å². The van der Waals surface area contributed by atoms with Crippen LogP contribution in [0.4, 0.5) is 11.4 Å². The third-order valence-corrected chi connectivity index (χ3v) is 5.17. The Morgan fingerprint density at radius 1 is 1.24 bits per heavy atom. The monoisotopic (exact) mass is 343 g/mol. The molecule has 7 nitrogen and oxygen atoms in total. The molecule has 1 aliphatic carbocycles. The second-order valence-corrected chi connectivity index (χ2v) is 6.92. The molecule has 1 aromatic rings. The summed E-state index contributed by atoms with van der Waals surface area (Å²) < 4.78 is 5.30. The SMILES string of the molecule is O=C1COc2ccc(NC(=O)[C@@H]3CC(=O)N(C4CCCC4)C3)cc2N1. The Labute approximate surface area is 145 Å². The normalized spacial score (nSPS) is 23.2. The summed E-state index contributed by atoms with van der Waals surface area (Å²) in [6.45, 7) is 0.500. The lowest BCUT2D eigenvalue weighted by atomic mass is 10.1. The zero-order chi connectivity index (χ0) is 17.4.